The van der Waals surface area contributed by atoms with Crippen molar-refractivity contribution in [3.8, 4) is 0 Å². The molecule has 0 aromatic heterocycles. The highest BCUT2D eigenvalue weighted by molar-refractivity contribution is 7.89. The average molecular weight is 453 g/mol. The molecular formula is C21H22ClFN2O4S. The van der Waals surface area contributed by atoms with Crippen molar-refractivity contribution in [1.29, 1.82) is 0 Å². The Kier molecular flexibility index (Phi) is 6.04. The zero-order valence-electron chi connectivity index (χ0n) is 16.8. The minimum absolute atomic E-state index is 0.0195. The van der Waals surface area contributed by atoms with E-state index in [2.05, 4.69) is 0 Å². The summed E-state index contributed by atoms with van der Waals surface area (Å²) in [5.41, 5.74) is -0.746. The number of hydrogen-bond donors (Lipinski definition) is 0. The Bertz CT molecular complexity index is 1070. The molecular weight excluding hydrogens is 431 g/mol. The highest BCUT2D eigenvalue weighted by Gasteiger charge is 2.51. The van der Waals surface area contributed by atoms with E-state index in [1.54, 1.807) is 13.8 Å². The Morgan fingerprint density at radius 1 is 1.10 bits per heavy atom. The summed E-state index contributed by atoms with van der Waals surface area (Å²) in [4.78, 5) is 26.8. The van der Waals surface area contributed by atoms with Crippen LogP contribution in [0.1, 0.15) is 33.6 Å². The van der Waals surface area contributed by atoms with Gasteiger partial charge < -0.3 is 0 Å². The number of hydrogen-bond acceptors (Lipinski definition) is 4. The van der Waals surface area contributed by atoms with Crippen molar-refractivity contribution in [3.63, 3.8) is 0 Å². The number of halogens is 2. The van der Waals surface area contributed by atoms with Crippen LogP contribution in [0.15, 0.2) is 53.4 Å². The minimum Gasteiger partial charge on any atom is -0.274 e. The van der Waals surface area contributed by atoms with Crippen LogP contribution in [-0.4, -0.2) is 36.1 Å². The zero-order valence-corrected chi connectivity index (χ0v) is 18.4. The highest BCUT2D eigenvalue weighted by atomic mass is 35.5. The van der Waals surface area contributed by atoms with Gasteiger partial charge in [-0.2, -0.15) is 4.31 Å². The predicted molar refractivity (Wildman–Crippen MR) is 112 cm³/mol. The van der Waals surface area contributed by atoms with Gasteiger partial charge in [0.1, 0.15) is 11.9 Å². The first-order chi connectivity index (χ1) is 14.0. The molecule has 0 bridgehead atoms. The first-order valence-electron chi connectivity index (χ1n) is 9.41. The number of carbonyl (C=O) groups excluding carboxylic acids is 2. The molecule has 0 N–H and O–H groups in total. The van der Waals surface area contributed by atoms with Crippen molar-refractivity contribution in [3.05, 3.63) is 59.4 Å². The largest absolute Gasteiger partial charge is 0.274 e. The maximum atomic E-state index is 13.5. The molecule has 6 nitrogen and oxygen atoms in total. The van der Waals surface area contributed by atoms with Crippen LogP contribution in [0.25, 0.3) is 0 Å². The van der Waals surface area contributed by atoms with Crippen molar-refractivity contribution >= 4 is 39.1 Å². The van der Waals surface area contributed by atoms with Crippen LogP contribution in [-0.2, 0) is 19.6 Å². The SMILES string of the molecule is CCC(C)(C)N(C1CC(=O)N(c2ccc(F)cc2)C1=O)S(=O)(=O)c1ccc(Cl)cc1. The molecule has 9 heteroatoms. The molecule has 2 aromatic carbocycles. The van der Waals surface area contributed by atoms with Gasteiger partial charge in [0.15, 0.2) is 0 Å². The number of sulfonamides is 1. The molecule has 1 aliphatic heterocycles. The van der Waals surface area contributed by atoms with Crippen LogP contribution in [0.3, 0.4) is 0 Å². The van der Waals surface area contributed by atoms with Crippen LogP contribution < -0.4 is 4.90 Å². The summed E-state index contributed by atoms with van der Waals surface area (Å²) in [6.45, 7) is 5.22. The maximum absolute atomic E-state index is 13.5. The van der Waals surface area contributed by atoms with E-state index in [9.17, 15) is 22.4 Å². The topological polar surface area (TPSA) is 74.8 Å². The van der Waals surface area contributed by atoms with E-state index in [0.717, 1.165) is 21.3 Å². The second-order valence-electron chi connectivity index (χ2n) is 7.68. The summed E-state index contributed by atoms with van der Waals surface area (Å²) < 4.78 is 41.4. The van der Waals surface area contributed by atoms with E-state index in [1.807, 2.05) is 6.92 Å². The van der Waals surface area contributed by atoms with Gasteiger partial charge >= 0.3 is 0 Å². The Balaban J connectivity index is 2.07. The van der Waals surface area contributed by atoms with Gasteiger partial charge in [-0.15, -0.1) is 0 Å². The Labute approximate surface area is 180 Å². The summed E-state index contributed by atoms with van der Waals surface area (Å²) in [6.07, 6.45) is 0.112. The van der Waals surface area contributed by atoms with E-state index in [0.29, 0.717) is 11.4 Å². The third kappa shape index (κ3) is 3.99. The summed E-state index contributed by atoms with van der Waals surface area (Å²) in [5.74, 6) is -1.71. The summed E-state index contributed by atoms with van der Waals surface area (Å²) in [5, 5.41) is 0.379. The molecule has 30 heavy (non-hydrogen) atoms. The smallest absolute Gasteiger partial charge is 0.252 e. The van der Waals surface area contributed by atoms with Crippen molar-refractivity contribution < 1.29 is 22.4 Å². The lowest BCUT2D eigenvalue weighted by molar-refractivity contribution is -0.122. The molecule has 2 aromatic rings. The van der Waals surface area contributed by atoms with E-state index in [-0.39, 0.29) is 17.0 Å². The summed E-state index contributed by atoms with van der Waals surface area (Å²) in [7, 11) is -4.12. The van der Waals surface area contributed by atoms with Gasteiger partial charge in [0.05, 0.1) is 17.0 Å². The van der Waals surface area contributed by atoms with E-state index in [1.165, 1.54) is 36.4 Å². The van der Waals surface area contributed by atoms with Crippen molar-refractivity contribution in [2.75, 3.05) is 4.90 Å². The number of carbonyl (C=O) groups is 2. The second-order valence-corrected chi connectivity index (χ2v) is 9.94. The van der Waals surface area contributed by atoms with Gasteiger partial charge in [-0.05, 0) is 68.8 Å². The zero-order chi connectivity index (χ0) is 22.3. The number of imide groups is 1. The third-order valence-corrected chi connectivity index (χ3v) is 7.71. The van der Waals surface area contributed by atoms with Gasteiger partial charge in [0, 0.05) is 10.6 Å². The van der Waals surface area contributed by atoms with Crippen molar-refractivity contribution in [2.24, 2.45) is 0 Å². The minimum atomic E-state index is -4.12. The standard InChI is InChI=1S/C21H22ClFN2O4S/c1-4-21(2,3)25(30(28,29)17-11-5-14(22)6-12-17)18-13-19(26)24(20(18)27)16-9-7-15(23)8-10-16/h5-12,18H,4,13H2,1-3H3. The summed E-state index contributed by atoms with van der Waals surface area (Å²) in [6, 6.07) is 9.36. The number of benzene rings is 2. The summed E-state index contributed by atoms with van der Waals surface area (Å²) >= 11 is 5.89. The van der Waals surface area contributed by atoms with Gasteiger partial charge in [0.25, 0.3) is 5.91 Å². The van der Waals surface area contributed by atoms with Crippen LogP contribution in [0.2, 0.25) is 5.02 Å². The highest BCUT2D eigenvalue weighted by Crippen LogP contribution is 2.35. The molecule has 1 heterocycles. The number of rotatable bonds is 6. The fraction of sp³-hybridized carbons (Fsp3) is 0.333. The van der Waals surface area contributed by atoms with Crippen LogP contribution in [0, 0.1) is 5.82 Å². The quantitative estimate of drug-likeness (QED) is 0.621. The predicted octanol–water partition coefficient (Wildman–Crippen LogP) is 3.99. The fourth-order valence-electron chi connectivity index (χ4n) is 3.45. The van der Waals surface area contributed by atoms with Crippen LogP contribution in [0.4, 0.5) is 10.1 Å². The molecule has 1 unspecified atom stereocenters. The fourth-order valence-corrected chi connectivity index (χ4v) is 5.56. The van der Waals surface area contributed by atoms with E-state index in [4.69, 9.17) is 11.6 Å². The van der Waals surface area contributed by atoms with Gasteiger partial charge in [-0.25, -0.2) is 17.7 Å². The lowest BCUT2D eigenvalue weighted by atomic mass is 10.00. The molecule has 160 valence electrons. The molecule has 0 aliphatic carbocycles. The first kappa shape index (κ1) is 22.4. The van der Waals surface area contributed by atoms with Crippen molar-refractivity contribution in [2.45, 2.75) is 50.1 Å². The van der Waals surface area contributed by atoms with Gasteiger partial charge in [-0.3, -0.25) is 9.59 Å². The average Bonchev–Trinajstić information content (AvgIpc) is 2.96. The Morgan fingerprint density at radius 2 is 1.67 bits per heavy atom. The molecule has 2 amide bonds. The van der Waals surface area contributed by atoms with Crippen molar-refractivity contribution in [1.82, 2.24) is 4.31 Å². The lowest BCUT2D eigenvalue weighted by Crippen LogP contribution is -2.55. The molecule has 1 aliphatic rings. The molecule has 1 atom stereocenters. The maximum Gasteiger partial charge on any atom is 0.252 e. The monoisotopic (exact) mass is 452 g/mol. The lowest BCUT2D eigenvalue weighted by Gasteiger charge is -2.39. The van der Waals surface area contributed by atoms with Gasteiger partial charge in [-0.1, -0.05) is 18.5 Å². The van der Waals surface area contributed by atoms with E-state index >= 15 is 0 Å². The molecule has 0 radical (unpaired) electrons. The third-order valence-electron chi connectivity index (χ3n) is 5.32. The molecule has 1 saturated heterocycles. The second kappa shape index (κ2) is 8.09. The molecule has 1 fully saturated rings. The van der Waals surface area contributed by atoms with E-state index < -0.39 is 39.2 Å². The molecule has 0 spiro atoms. The van der Waals surface area contributed by atoms with Gasteiger partial charge in [0.2, 0.25) is 15.9 Å². The molecule has 3 rings (SSSR count). The normalized spacial score (nSPS) is 17.8. The number of anilines is 1. The van der Waals surface area contributed by atoms with Crippen LogP contribution in [0.5, 0.6) is 0 Å². The Morgan fingerprint density at radius 3 is 2.20 bits per heavy atom. The first-order valence-corrected chi connectivity index (χ1v) is 11.2. The van der Waals surface area contributed by atoms with Crippen LogP contribution >= 0.6 is 11.6 Å². The molecule has 0 saturated carbocycles. The number of amides is 2. The number of nitrogens with zero attached hydrogens (tertiary/aromatic N) is 2. The Hall–Kier alpha value is -2.29.